The second-order valence-electron chi connectivity index (χ2n) is 15.1. The average molecular weight is 786 g/mol. The Bertz CT molecular complexity index is 1160. The molecule has 4 heteroatoms. The molecule has 4 nitrogen and oxygen atoms in total. The van der Waals surface area contributed by atoms with Crippen molar-refractivity contribution in [3.8, 4) is 0 Å². The number of unbranched alkanes of at least 4 members (excludes halogenated alkanes) is 13. The maximum atomic E-state index is 12.3. The second-order valence-corrected chi connectivity index (χ2v) is 15.1. The lowest BCUT2D eigenvalue weighted by atomic mass is 10.0. The van der Waals surface area contributed by atoms with Gasteiger partial charge in [0.25, 0.3) is 0 Å². The van der Waals surface area contributed by atoms with Crippen molar-refractivity contribution in [3.05, 3.63) is 122 Å². The molecule has 0 aromatic heterocycles. The largest absolute Gasteiger partial charge is 0.394 e. The summed E-state index contributed by atoms with van der Waals surface area (Å²) in [7, 11) is 0. The highest BCUT2D eigenvalue weighted by atomic mass is 16.3. The van der Waals surface area contributed by atoms with Crippen LogP contribution in [0, 0.1) is 0 Å². The lowest BCUT2D eigenvalue weighted by Gasteiger charge is -2.22. The van der Waals surface area contributed by atoms with Crippen molar-refractivity contribution in [1.82, 2.24) is 5.32 Å². The fourth-order valence-corrected chi connectivity index (χ4v) is 6.21. The van der Waals surface area contributed by atoms with Gasteiger partial charge in [-0.2, -0.15) is 0 Å². The molecular weight excluding hydrogens is 699 g/mol. The van der Waals surface area contributed by atoms with Crippen molar-refractivity contribution >= 4 is 5.91 Å². The standard InChI is InChI=1S/C53H87NO3/c1-3-5-7-9-11-13-14-15-16-17-18-19-20-21-22-23-24-25-26-27-28-29-30-31-32-33-34-35-36-37-38-39-40-41-43-45-47-49-53(57)54-51(50-55)52(56)48-46-44-42-12-10-8-6-4-2/h5,7,11,13,15-16,18-19,21-22,24-25,27-28,30-31,33-34,36-37,51-52,55-56H,3-4,6,8-10,12,14,17,20,23,26,29,32,35,38-50H2,1-2H3,(H,54,57)/b7-5-,13-11-,16-15-,19-18-,22-21-,25-24-,28-27-,31-30-,34-33-,37-36-. The fourth-order valence-electron chi connectivity index (χ4n) is 6.21. The Kier molecular flexibility index (Phi) is 44.5. The topological polar surface area (TPSA) is 69.6 Å². The van der Waals surface area contributed by atoms with E-state index in [0.29, 0.717) is 12.8 Å². The Hall–Kier alpha value is -3.21. The molecular formula is C53H87NO3. The Morgan fingerprint density at radius 1 is 0.439 bits per heavy atom. The zero-order valence-corrected chi connectivity index (χ0v) is 36.8. The summed E-state index contributed by atoms with van der Waals surface area (Å²) in [6.07, 6.45) is 72.9. The Labute approximate surface area is 352 Å². The summed E-state index contributed by atoms with van der Waals surface area (Å²) in [4.78, 5) is 12.3. The monoisotopic (exact) mass is 786 g/mol. The molecule has 0 radical (unpaired) electrons. The molecule has 0 aliphatic heterocycles. The summed E-state index contributed by atoms with van der Waals surface area (Å²) >= 11 is 0. The quantitative estimate of drug-likeness (QED) is 0.0428. The molecule has 0 aromatic carbocycles. The number of hydrogen-bond acceptors (Lipinski definition) is 3. The minimum absolute atomic E-state index is 0.0557. The van der Waals surface area contributed by atoms with E-state index in [1.165, 1.54) is 57.8 Å². The van der Waals surface area contributed by atoms with Gasteiger partial charge in [-0.3, -0.25) is 4.79 Å². The van der Waals surface area contributed by atoms with Crippen LogP contribution in [0.15, 0.2) is 122 Å². The molecule has 2 atom stereocenters. The summed E-state index contributed by atoms with van der Waals surface area (Å²) in [6.45, 7) is 4.19. The van der Waals surface area contributed by atoms with E-state index < -0.39 is 12.1 Å². The number of hydrogen-bond donors (Lipinski definition) is 3. The predicted octanol–water partition coefficient (Wildman–Crippen LogP) is 15.0. The smallest absolute Gasteiger partial charge is 0.220 e. The molecule has 322 valence electrons. The first-order valence-corrected chi connectivity index (χ1v) is 23.2. The molecule has 0 aromatic rings. The molecule has 0 heterocycles. The summed E-state index contributed by atoms with van der Waals surface area (Å²) < 4.78 is 0. The molecule has 2 unspecified atom stereocenters. The highest BCUT2D eigenvalue weighted by Crippen LogP contribution is 2.13. The van der Waals surface area contributed by atoms with Crippen LogP contribution in [0.3, 0.4) is 0 Å². The van der Waals surface area contributed by atoms with Crippen molar-refractivity contribution < 1.29 is 15.0 Å². The zero-order valence-electron chi connectivity index (χ0n) is 36.8. The molecule has 0 saturated carbocycles. The minimum Gasteiger partial charge on any atom is -0.394 e. The normalized spacial score (nSPS) is 14.1. The maximum Gasteiger partial charge on any atom is 0.220 e. The van der Waals surface area contributed by atoms with Gasteiger partial charge in [-0.15, -0.1) is 0 Å². The van der Waals surface area contributed by atoms with Crippen LogP contribution in [-0.2, 0) is 4.79 Å². The third-order valence-electron chi connectivity index (χ3n) is 9.74. The number of carbonyl (C=O) groups is 1. The molecule has 57 heavy (non-hydrogen) atoms. The minimum atomic E-state index is -0.671. The Morgan fingerprint density at radius 3 is 1.16 bits per heavy atom. The highest BCUT2D eigenvalue weighted by Gasteiger charge is 2.19. The van der Waals surface area contributed by atoms with Crippen LogP contribution in [0.5, 0.6) is 0 Å². The van der Waals surface area contributed by atoms with Gasteiger partial charge in [0.15, 0.2) is 0 Å². The van der Waals surface area contributed by atoms with Gasteiger partial charge in [-0.25, -0.2) is 0 Å². The van der Waals surface area contributed by atoms with Crippen molar-refractivity contribution in [2.75, 3.05) is 6.61 Å². The first kappa shape index (κ1) is 53.8. The number of aliphatic hydroxyl groups excluding tert-OH is 2. The molecule has 1 amide bonds. The van der Waals surface area contributed by atoms with Crippen molar-refractivity contribution in [2.45, 2.75) is 199 Å². The number of nitrogens with one attached hydrogen (secondary N) is 1. The van der Waals surface area contributed by atoms with E-state index in [0.717, 1.165) is 103 Å². The number of allylic oxidation sites excluding steroid dienone is 20. The van der Waals surface area contributed by atoms with E-state index >= 15 is 0 Å². The highest BCUT2D eigenvalue weighted by molar-refractivity contribution is 5.76. The van der Waals surface area contributed by atoms with Crippen LogP contribution in [0.2, 0.25) is 0 Å². The van der Waals surface area contributed by atoms with Gasteiger partial charge in [-0.05, 0) is 89.9 Å². The molecule has 0 fully saturated rings. The van der Waals surface area contributed by atoms with Crippen LogP contribution >= 0.6 is 0 Å². The molecule has 0 aliphatic carbocycles. The maximum absolute atomic E-state index is 12.3. The van der Waals surface area contributed by atoms with E-state index in [-0.39, 0.29) is 12.5 Å². The van der Waals surface area contributed by atoms with Crippen LogP contribution in [0.1, 0.15) is 187 Å². The van der Waals surface area contributed by atoms with Gasteiger partial charge in [0.05, 0.1) is 18.8 Å². The Balaban J connectivity index is 3.65. The SMILES string of the molecule is CC/C=C\C/C=C\C/C=C\C/C=C\C/C=C\C/C=C\C/C=C\C/C=C\C/C=C\C/C=C\CCCCCCCCC(=O)NC(CO)C(O)CCCCCCCCCC. The summed E-state index contributed by atoms with van der Waals surface area (Å²) in [6, 6.07) is -0.550. The van der Waals surface area contributed by atoms with Crippen molar-refractivity contribution in [3.63, 3.8) is 0 Å². The lowest BCUT2D eigenvalue weighted by Crippen LogP contribution is -2.45. The lowest BCUT2D eigenvalue weighted by molar-refractivity contribution is -0.123. The van der Waals surface area contributed by atoms with Gasteiger partial charge in [0, 0.05) is 6.42 Å². The number of carbonyl (C=O) groups excluding carboxylic acids is 1. The van der Waals surface area contributed by atoms with Crippen molar-refractivity contribution in [2.24, 2.45) is 0 Å². The second kappa shape index (κ2) is 47.2. The van der Waals surface area contributed by atoms with Gasteiger partial charge < -0.3 is 15.5 Å². The van der Waals surface area contributed by atoms with E-state index in [1.807, 2.05) is 0 Å². The Morgan fingerprint density at radius 2 is 0.772 bits per heavy atom. The average Bonchev–Trinajstić information content (AvgIpc) is 3.22. The fraction of sp³-hybridized carbons (Fsp3) is 0.604. The van der Waals surface area contributed by atoms with Crippen LogP contribution < -0.4 is 5.32 Å². The van der Waals surface area contributed by atoms with Gasteiger partial charge in [0.2, 0.25) is 5.91 Å². The summed E-state index contributed by atoms with van der Waals surface area (Å²) in [5.41, 5.74) is 0. The van der Waals surface area contributed by atoms with E-state index in [1.54, 1.807) is 0 Å². The molecule has 3 N–H and O–H groups in total. The molecule has 0 bridgehead atoms. The molecule has 0 saturated heterocycles. The van der Waals surface area contributed by atoms with Crippen LogP contribution in [-0.4, -0.2) is 34.9 Å². The zero-order chi connectivity index (χ0) is 41.4. The van der Waals surface area contributed by atoms with Crippen LogP contribution in [0.4, 0.5) is 0 Å². The molecule has 0 aliphatic rings. The predicted molar refractivity (Wildman–Crippen MR) is 252 cm³/mol. The van der Waals surface area contributed by atoms with Gasteiger partial charge in [-0.1, -0.05) is 212 Å². The summed E-state index contributed by atoms with van der Waals surface area (Å²) in [5.74, 6) is -0.0557. The van der Waals surface area contributed by atoms with Crippen molar-refractivity contribution in [1.29, 1.82) is 0 Å². The van der Waals surface area contributed by atoms with Gasteiger partial charge >= 0.3 is 0 Å². The number of aliphatic hydroxyl groups is 2. The number of amides is 1. The third-order valence-corrected chi connectivity index (χ3v) is 9.74. The first-order chi connectivity index (χ1) is 28.2. The summed E-state index contributed by atoms with van der Waals surface area (Å²) in [5, 5.41) is 23.0. The van der Waals surface area contributed by atoms with E-state index in [9.17, 15) is 15.0 Å². The third kappa shape index (κ3) is 43.8. The van der Waals surface area contributed by atoms with E-state index in [2.05, 4.69) is 141 Å². The first-order valence-electron chi connectivity index (χ1n) is 23.2. The van der Waals surface area contributed by atoms with E-state index in [4.69, 9.17) is 0 Å². The van der Waals surface area contributed by atoms with Gasteiger partial charge in [0.1, 0.15) is 0 Å². The molecule has 0 rings (SSSR count). The number of rotatable bonds is 40. The van der Waals surface area contributed by atoms with Crippen LogP contribution in [0.25, 0.3) is 0 Å². The molecule has 0 spiro atoms.